The Morgan fingerprint density at radius 3 is 2.24 bits per heavy atom. The van der Waals surface area contributed by atoms with Crippen molar-refractivity contribution in [2.75, 3.05) is 5.75 Å². The van der Waals surface area contributed by atoms with Crippen LogP contribution in [0.2, 0.25) is 0 Å². The second-order valence-electron chi connectivity index (χ2n) is 5.27. The van der Waals surface area contributed by atoms with Crippen molar-refractivity contribution >= 4 is 21.7 Å². The molecule has 0 spiro atoms. The van der Waals surface area contributed by atoms with E-state index in [9.17, 15) is 18.0 Å². The third-order valence-electron chi connectivity index (χ3n) is 3.45. The monoisotopic (exact) mass is 363 g/mol. The van der Waals surface area contributed by atoms with E-state index in [2.05, 4.69) is 15.3 Å². The molecule has 1 amide bonds. The molecule has 1 heterocycles. The van der Waals surface area contributed by atoms with Crippen molar-refractivity contribution in [3.05, 3.63) is 54.1 Å². The summed E-state index contributed by atoms with van der Waals surface area (Å²) in [5.74, 6) is -2.11. The highest BCUT2D eigenvalue weighted by atomic mass is 32.2. The van der Waals surface area contributed by atoms with Crippen LogP contribution in [0.5, 0.6) is 0 Å². The van der Waals surface area contributed by atoms with E-state index in [-0.39, 0.29) is 22.0 Å². The number of carbonyl (C=O) groups excluding carboxylic acids is 1. The molecule has 0 aliphatic rings. The first kappa shape index (κ1) is 18.5. The quantitative estimate of drug-likeness (QED) is 0.755. The molecule has 1 aromatic carbocycles. The average molecular weight is 363 g/mol. The second kappa shape index (κ2) is 7.84. The molecule has 1 atom stereocenters. The zero-order valence-corrected chi connectivity index (χ0v) is 14.2. The van der Waals surface area contributed by atoms with Crippen LogP contribution in [0.1, 0.15) is 34.3 Å². The molecule has 0 fully saturated rings. The summed E-state index contributed by atoms with van der Waals surface area (Å²) in [6.07, 6.45) is 2.41. The molecular formula is C16H17N3O5S. The summed E-state index contributed by atoms with van der Waals surface area (Å²) >= 11 is 0. The van der Waals surface area contributed by atoms with E-state index in [1.165, 1.54) is 12.1 Å². The Bertz CT molecular complexity index is 851. The summed E-state index contributed by atoms with van der Waals surface area (Å²) in [5.41, 5.74) is -0.365. The Morgan fingerprint density at radius 2 is 1.72 bits per heavy atom. The standard InChI is InChI=1S/C16H17N3O5S/c1-2-11(10-25(23,24)12-6-4-3-5-7-12)19-15(20)13-8-18-14(9-17-13)16(21)22/h3-9,11H,2,10H2,1H3,(H,19,20)(H,21,22). The van der Waals surface area contributed by atoms with Gasteiger partial charge in [0.2, 0.25) is 0 Å². The predicted molar refractivity (Wildman–Crippen MR) is 89.0 cm³/mol. The third kappa shape index (κ3) is 4.83. The summed E-state index contributed by atoms with van der Waals surface area (Å²) in [4.78, 5) is 30.4. The molecular weight excluding hydrogens is 346 g/mol. The topological polar surface area (TPSA) is 126 Å². The van der Waals surface area contributed by atoms with Crippen molar-refractivity contribution < 1.29 is 23.1 Å². The average Bonchev–Trinajstić information content (AvgIpc) is 2.61. The van der Waals surface area contributed by atoms with Crippen LogP contribution in [0, 0.1) is 0 Å². The van der Waals surface area contributed by atoms with Gasteiger partial charge in [-0.1, -0.05) is 25.1 Å². The van der Waals surface area contributed by atoms with Crippen LogP contribution >= 0.6 is 0 Å². The molecule has 25 heavy (non-hydrogen) atoms. The fourth-order valence-corrected chi connectivity index (χ4v) is 3.68. The number of carboxylic acid groups (broad SMARTS) is 1. The van der Waals surface area contributed by atoms with Gasteiger partial charge in [-0.15, -0.1) is 0 Å². The highest BCUT2D eigenvalue weighted by Gasteiger charge is 2.22. The van der Waals surface area contributed by atoms with Gasteiger partial charge in [0.05, 0.1) is 23.0 Å². The van der Waals surface area contributed by atoms with Crippen LogP contribution in [0.25, 0.3) is 0 Å². The highest BCUT2D eigenvalue weighted by Crippen LogP contribution is 2.12. The maximum Gasteiger partial charge on any atom is 0.356 e. The molecule has 8 nitrogen and oxygen atoms in total. The highest BCUT2D eigenvalue weighted by molar-refractivity contribution is 7.91. The molecule has 0 aliphatic heterocycles. The lowest BCUT2D eigenvalue weighted by molar-refractivity contribution is 0.0688. The Labute approximate surface area is 144 Å². The normalized spacial score (nSPS) is 12.4. The molecule has 0 saturated heterocycles. The van der Waals surface area contributed by atoms with Gasteiger partial charge in [0.25, 0.3) is 5.91 Å². The van der Waals surface area contributed by atoms with Gasteiger partial charge in [-0.05, 0) is 18.6 Å². The molecule has 2 N–H and O–H groups in total. The smallest absolute Gasteiger partial charge is 0.356 e. The van der Waals surface area contributed by atoms with Crippen molar-refractivity contribution in [3.63, 3.8) is 0 Å². The number of carboxylic acids is 1. The van der Waals surface area contributed by atoms with Crippen LogP contribution in [-0.4, -0.2) is 47.2 Å². The summed E-state index contributed by atoms with van der Waals surface area (Å²) in [7, 11) is -3.55. The first-order valence-corrected chi connectivity index (χ1v) is 9.12. The Morgan fingerprint density at radius 1 is 1.12 bits per heavy atom. The minimum Gasteiger partial charge on any atom is -0.476 e. The molecule has 0 bridgehead atoms. The number of aromatic nitrogens is 2. The Balaban J connectivity index is 2.08. The van der Waals surface area contributed by atoms with E-state index < -0.39 is 27.8 Å². The molecule has 0 aliphatic carbocycles. The molecule has 2 aromatic rings. The first-order chi connectivity index (χ1) is 11.8. The van der Waals surface area contributed by atoms with Crippen LogP contribution in [0.15, 0.2) is 47.6 Å². The zero-order valence-electron chi connectivity index (χ0n) is 13.4. The molecule has 1 unspecified atom stereocenters. The Kier molecular flexibility index (Phi) is 5.81. The fourth-order valence-electron chi connectivity index (χ4n) is 2.07. The van der Waals surface area contributed by atoms with E-state index in [0.29, 0.717) is 6.42 Å². The molecule has 1 aromatic heterocycles. The number of hydrogen-bond donors (Lipinski definition) is 2. The van der Waals surface area contributed by atoms with Crippen molar-refractivity contribution in [2.45, 2.75) is 24.3 Å². The van der Waals surface area contributed by atoms with Crippen molar-refractivity contribution in [2.24, 2.45) is 0 Å². The van der Waals surface area contributed by atoms with E-state index >= 15 is 0 Å². The summed E-state index contributed by atoms with van der Waals surface area (Å²) in [6, 6.07) is 7.37. The van der Waals surface area contributed by atoms with Gasteiger partial charge >= 0.3 is 5.97 Å². The second-order valence-corrected chi connectivity index (χ2v) is 7.30. The molecule has 0 radical (unpaired) electrons. The number of nitrogens with one attached hydrogen (secondary N) is 1. The van der Waals surface area contributed by atoms with E-state index in [0.717, 1.165) is 12.4 Å². The summed E-state index contributed by atoms with van der Waals surface area (Å²) in [6.45, 7) is 1.75. The SMILES string of the molecule is CCC(CS(=O)(=O)c1ccccc1)NC(=O)c1cnc(C(=O)O)cn1. The maximum absolute atomic E-state index is 12.4. The van der Waals surface area contributed by atoms with Crippen LogP contribution in [-0.2, 0) is 9.84 Å². The maximum atomic E-state index is 12.4. The minimum absolute atomic E-state index is 0.0828. The van der Waals surface area contributed by atoms with Crippen molar-refractivity contribution in [1.82, 2.24) is 15.3 Å². The van der Waals surface area contributed by atoms with Gasteiger partial charge in [0, 0.05) is 6.04 Å². The van der Waals surface area contributed by atoms with Crippen LogP contribution in [0.4, 0.5) is 0 Å². The predicted octanol–water partition coefficient (Wildman–Crippen LogP) is 1.16. The number of sulfone groups is 1. The summed E-state index contributed by atoms with van der Waals surface area (Å²) < 4.78 is 24.8. The number of hydrogen-bond acceptors (Lipinski definition) is 6. The molecule has 2 rings (SSSR count). The lowest BCUT2D eigenvalue weighted by Crippen LogP contribution is -2.39. The van der Waals surface area contributed by atoms with Crippen molar-refractivity contribution in [1.29, 1.82) is 0 Å². The number of nitrogens with zero attached hydrogens (tertiary/aromatic N) is 2. The lowest BCUT2D eigenvalue weighted by Gasteiger charge is -2.17. The molecule has 132 valence electrons. The number of rotatable bonds is 7. The van der Waals surface area contributed by atoms with Gasteiger partial charge in [-0.2, -0.15) is 0 Å². The number of amides is 1. The van der Waals surface area contributed by atoms with Crippen LogP contribution < -0.4 is 5.32 Å². The largest absolute Gasteiger partial charge is 0.476 e. The lowest BCUT2D eigenvalue weighted by atomic mass is 10.2. The van der Waals surface area contributed by atoms with Gasteiger partial charge in [0.1, 0.15) is 5.69 Å². The van der Waals surface area contributed by atoms with Gasteiger partial charge in [0.15, 0.2) is 15.5 Å². The number of benzene rings is 1. The van der Waals surface area contributed by atoms with Crippen molar-refractivity contribution in [3.8, 4) is 0 Å². The van der Waals surface area contributed by atoms with E-state index in [1.807, 2.05) is 0 Å². The summed E-state index contributed by atoms with van der Waals surface area (Å²) in [5, 5.41) is 11.4. The Hall–Kier alpha value is -2.81. The third-order valence-corrected chi connectivity index (χ3v) is 5.29. The van der Waals surface area contributed by atoms with Crippen LogP contribution in [0.3, 0.4) is 0 Å². The van der Waals surface area contributed by atoms with E-state index in [4.69, 9.17) is 5.11 Å². The van der Waals surface area contributed by atoms with E-state index in [1.54, 1.807) is 25.1 Å². The number of carbonyl (C=O) groups is 2. The first-order valence-electron chi connectivity index (χ1n) is 7.47. The minimum atomic E-state index is -3.55. The van der Waals surface area contributed by atoms with Gasteiger partial charge in [-0.25, -0.2) is 23.2 Å². The zero-order chi connectivity index (χ0) is 18.4. The fraction of sp³-hybridized carbons (Fsp3) is 0.250. The molecule has 9 heteroatoms. The molecule has 0 saturated carbocycles. The van der Waals surface area contributed by atoms with Gasteiger partial charge < -0.3 is 10.4 Å². The van der Waals surface area contributed by atoms with Gasteiger partial charge in [-0.3, -0.25) is 4.79 Å². The number of aromatic carboxylic acids is 1.